The van der Waals surface area contributed by atoms with Crippen molar-refractivity contribution in [1.29, 1.82) is 0 Å². The molecule has 1 rings (SSSR count). The molecule has 13 heteroatoms. The maximum atomic E-state index is 13.2. The fourth-order valence-corrected chi connectivity index (χ4v) is 6.86. The fourth-order valence-electron chi connectivity index (χ4n) is 2.99. The first kappa shape index (κ1) is 37.1. The zero-order chi connectivity index (χ0) is 29.3. The molecule has 0 aliphatic heterocycles. The Labute approximate surface area is 243 Å². The van der Waals surface area contributed by atoms with Crippen LogP contribution in [0.3, 0.4) is 0 Å². The molecule has 0 fully saturated rings. The zero-order valence-corrected chi connectivity index (χ0v) is 26.0. The molecule has 3 atom stereocenters. The third-order valence-corrected chi connectivity index (χ3v) is 8.98. The molecule has 0 bridgehead atoms. The number of nitrogens with two attached hydrogens (primary N) is 1. The van der Waals surface area contributed by atoms with E-state index in [4.69, 9.17) is 20.4 Å². The number of ketones is 1. The van der Waals surface area contributed by atoms with Crippen molar-refractivity contribution in [2.75, 3.05) is 24.4 Å². The SMILES string of the molecule is CCOC(=O)[C@@H](CC(=O)C(CC(C)C)SSC[C@@H](N)CCSC)Cc1ccc(Br)cc1.O=C(O)C(F)(F)F. The number of carbonyl (C=O) groups excluding carboxylic acids is 2. The van der Waals surface area contributed by atoms with Gasteiger partial charge in [0.05, 0.1) is 17.8 Å². The van der Waals surface area contributed by atoms with Crippen LogP contribution in [-0.2, 0) is 25.5 Å². The zero-order valence-electron chi connectivity index (χ0n) is 22.0. The van der Waals surface area contributed by atoms with Gasteiger partial charge in [0.15, 0.2) is 0 Å². The third kappa shape index (κ3) is 17.6. The van der Waals surface area contributed by atoms with Gasteiger partial charge in [-0.25, -0.2) is 4.79 Å². The number of aliphatic carboxylic acids is 1. The molecule has 0 heterocycles. The van der Waals surface area contributed by atoms with Crippen molar-refractivity contribution in [3.8, 4) is 0 Å². The molecule has 0 spiro atoms. The second kappa shape index (κ2) is 20.1. The van der Waals surface area contributed by atoms with Gasteiger partial charge in [-0.3, -0.25) is 9.59 Å². The number of thioether (sulfide) groups is 1. The summed E-state index contributed by atoms with van der Waals surface area (Å²) in [5.74, 6) is -1.10. The van der Waals surface area contributed by atoms with Gasteiger partial charge in [0, 0.05) is 22.7 Å². The number of carboxylic acid groups (broad SMARTS) is 1. The van der Waals surface area contributed by atoms with Gasteiger partial charge in [0.2, 0.25) is 0 Å². The summed E-state index contributed by atoms with van der Waals surface area (Å²) in [4.78, 5) is 34.7. The monoisotopic (exact) mass is 663 g/mol. The molecule has 1 aromatic carbocycles. The molecule has 6 nitrogen and oxygen atoms in total. The van der Waals surface area contributed by atoms with Crippen LogP contribution in [0, 0.1) is 11.8 Å². The van der Waals surface area contributed by atoms with E-state index >= 15 is 0 Å². The normalized spacial score (nSPS) is 13.7. The minimum atomic E-state index is -5.08. The Morgan fingerprint density at radius 3 is 2.21 bits per heavy atom. The van der Waals surface area contributed by atoms with E-state index in [0.29, 0.717) is 18.9 Å². The lowest BCUT2D eigenvalue weighted by atomic mass is 9.92. The number of rotatable bonds is 16. The predicted octanol–water partition coefficient (Wildman–Crippen LogP) is 6.64. The number of alkyl halides is 3. The van der Waals surface area contributed by atoms with Crippen molar-refractivity contribution in [2.24, 2.45) is 17.6 Å². The van der Waals surface area contributed by atoms with Gasteiger partial charge < -0.3 is 15.6 Å². The van der Waals surface area contributed by atoms with Crippen molar-refractivity contribution in [1.82, 2.24) is 0 Å². The number of ether oxygens (including phenoxy) is 1. The maximum absolute atomic E-state index is 13.2. The molecule has 0 aliphatic carbocycles. The summed E-state index contributed by atoms with van der Waals surface area (Å²) >= 11 is 5.24. The first-order valence-corrected chi connectivity index (χ1v) is 16.5. The van der Waals surface area contributed by atoms with Crippen LogP contribution in [0.2, 0.25) is 0 Å². The molecular weight excluding hydrogens is 627 g/mol. The number of hydrogen-bond acceptors (Lipinski definition) is 8. The van der Waals surface area contributed by atoms with Crippen LogP contribution in [0.25, 0.3) is 0 Å². The second-order valence-corrected chi connectivity index (χ2v) is 13.3. The maximum Gasteiger partial charge on any atom is 0.490 e. The summed E-state index contributed by atoms with van der Waals surface area (Å²) in [7, 11) is 3.30. The molecule has 0 radical (unpaired) electrons. The fraction of sp³-hybridized carbons (Fsp3) is 0.640. The summed E-state index contributed by atoms with van der Waals surface area (Å²) in [6.45, 7) is 6.36. The van der Waals surface area contributed by atoms with Crippen LogP contribution in [0.1, 0.15) is 45.6 Å². The summed E-state index contributed by atoms with van der Waals surface area (Å²) in [5, 5.41) is 6.99. The van der Waals surface area contributed by atoms with E-state index in [1.807, 2.05) is 24.3 Å². The molecule has 0 aromatic heterocycles. The van der Waals surface area contributed by atoms with Gasteiger partial charge >= 0.3 is 18.1 Å². The number of hydrogen-bond donors (Lipinski definition) is 2. The quantitative estimate of drug-likeness (QED) is 0.149. The third-order valence-electron chi connectivity index (χ3n) is 4.91. The van der Waals surface area contributed by atoms with E-state index in [2.05, 4.69) is 36.0 Å². The molecule has 0 amide bonds. The lowest BCUT2D eigenvalue weighted by Crippen LogP contribution is -2.28. The van der Waals surface area contributed by atoms with Crippen molar-refractivity contribution < 1.29 is 37.4 Å². The highest BCUT2D eigenvalue weighted by atomic mass is 79.9. The molecule has 218 valence electrons. The van der Waals surface area contributed by atoms with Gasteiger partial charge in [0.1, 0.15) is 5.78 Å². The van der Waals surface area contributed by atoms with E-state index in [0.717, 1.165) is 34.4 Å². The molecular formula is C25H37BrF3NO5S3. The average molecular weight is 665 g/mol. The molecule has 1 unspecified atom stereocenters. The first-order valence-electron chi connectivity index (χ1n) is 12.0. The Kier molecular flexibility index (Phi) is 19.6. The van der Waals surface area contributed by atoms with Crippen molar-refractivity contribution >= 4 is 67.0 Å². The highest BCUT2D eigenvalue weighted by Gasteiger charge is 2.38. The minimum Gasteiger partial charge on any atom is -0.475 e. The number of halogens is 4. The molecule has 0 saturated carbocycles. The Hall–Kier alpha value is -0.890. The highest BCUT2D eigenvalue weighted by molar-refractivity contribution is 9.10. The van der Waals surface area contributed by atoms with Gasteiger partial charge in [-0.15, -0.1) is 0 Å². The molecule has 38 heavy (non-hydrogen) atoms. The lowest BCUT2D eigenvalue weighted by Gasteiger charge is -2.21. The topological polar surface area (TPSA) is 107 Å². The summed E-state index contributed by atoms with van der Waals surface area (Å²) in [6, 6.07) is 8.01. The number of Topliss-reactive ketones (excluding diaryl/α,β-unsaturated/α-hetero) is 1. The van der Waals surface area contributed by atoms with Crippen LogP contribution in [0.15, 0.2) is 28.7 Å². The number of carbonyl (C=O) groups is 3. The van der Waals surface area contributed by atoms with Gasteiger partial charge in [0.25, 0.3) is 0 Å². The largest absolute Gasteiger partial charge is 0.490 e. The second-order valence-electron chi connectivity index (χ2n) is 8.79. The minimum absolute atomic E-state index is 0.124. The smallest absolute Gasteiger partial charge is 0.475 e. The molecule has 3 N–H and O–H groups in total. The van der Waals surface area contributed by atoms with Gasteiger partial charge in [-0.05, 0) is 61.8 Å². The van der Waals surface area contributed by atoms with Crippen LogP contribution < -0.4 is 5.73 Å². The average Bonchev–Trinajstić information content (AvgIpc) is 2.82. The highest BCUT2D eigenvalue weighted by Crippen LogP contribution is 2.34. The number of benzene rings is 1. The van der Waals surface area contributed by atoms with Crippen LogP contribution >= 0.6 is 49.3 Å². The van der Waals surface area contributed by atoms with Gasteiger partial charge in [-0.2, -0.15) is 24.9 Å². The molecule has 1 aromatic rings. The predicted molar refractivity (Wildman–Crippen MR) is 156 cm³/mol. The Morgan fingerprint density at radius 1 is 1.16 bits per heavy atom. The Balaban J connectivity index is 0.00000171. The van der Waals surface area contributed by atoms with E-state index in [9.17, 15) is 22.8 Å². The van der Waals surface area contributed by atoms with E-state index in [-0.39, 0.29) is 29.5 Å². The Morgan fingerprint density at radius 2 is 1.74 bits per heavy atom. The summed E-state index contributed by atoms with van der Waals surface area (Å²) in [5.41, 5.74) is 7.20. The van der Waals surface area contributed by atoms with Crippen molar-refractivity contribution in [3.63, 3.8) is 0 Å². The number of esters is 1. The molecule has 0 aliphatic rings. The summed E-state index contributed by atoms with van der Waals surface area (Å²) < 4.78 is 38.0. The van der Waals surface area contributed by atoms with Crippen molar-refractivity contribution in [2.45, 2.75) is 63.9 Å². The van der Waals surface area contributed by atoms with Gasteiger partial charge in [-0.1, -0.05) is 63.5 Å². The van der Waals surface area contributed by atoms with E-state index in [1.54, 1.807) is 40.3 Å². The van der Waals surface area contributed by atoms with Crippen LogP contribution in [-0.4, -0.2) is 64.7 Å². The van der Waals surface area contributed by atoms with E-state index < -0.39 is 18.1 Å². The lowest BCUT2D eigenvalue weighted by molar-refractivity contribution is -0.192. The standard InChI is InChI=1S/C23H36BrNO3S3.C2HF3O2/c1-5-28-23(27)18(13-17-6-8-19(24)9-7-17)14-21(26)22(12-16(2)3)31-30-15-20(25)10-11-29-4;3-2(4,5)1(6)7/h6-9,16,18,20,22H,5,10-15,25H2,1-4H3;(H,6,7)/t18-,20+,22?;/m1./s1. The first-order chi connectivity index (χ1) is 17.7. The van der Waals surface area contributed by atoms with Crippen LogP contribution in [0.4, 0.5) is 13.2 Å². The van der Waals surface area contributed by atoms with Crippen molar-refractivity contribution in [3.05, 3.63) is 34.3 Å². The molecule has 0 saturated heterocycles. The van der Waals surface area contributed by atoms with Crippen LogP contribution in [0.5, 0.6) is 0 Å². The van der Waals surface area contributed by atoms with E-state index in [1.165, 1.54) is 0 Å². The number of carboxylic acids is 1. The Bertz CT molecular complexity index is 845. The summed E-state index contributed by atoms with van der Waals surface area (Å²) in [6.07, 6.45) is -0.512.